The molecule has 194 valence electrons. The number of nitrogens with zero attached hydrogens (tertiary/aromatic N) is 4. The van der Waals surface area contributed by atoms with Gasteiger partial charge in [0, 0.05) is 47.6 Å². The second-order valence-electron chi connectivity index (χ2n) is 10.2. The van der Waals surface area contributed by atoms with Crippen molar-refractivity contribution in [3.05, 3.63) is 53.9 Å². The minimum atomic E-state index is 0.0985. The molecule has 0 unspecified atom stereocenters. The van der Waals surface area contributed by atoms with E-state index < -0.39 is 0 Å². The van der Waals surface area contributed by atoms with E-state index in [4.69, 9.17) is 14.7 Å². The highest BCUT2D eigenvalue weighted by Crippen LogP contribution is 2.39. The predicted octanol–water partition coefficient (Wildman–Crippen LogP) is 6.83. The number of hydrogen-bond donors (Lipinski definition) is 2. The average Bonchev–Trinajstić information content (AvgIpc) is 3.34. The van der Waals surface area contributed by atoms with Crippen LogP contribution in [-0.2, 0) is 0 Å². The van der Waals surface area contributed by atoms with Crippen LogP contribution >= 0.6 is 23.1 Å². The smallest absolute Gasteiger partial charge is 0.229 e. The van der Waals surface area contributed by atoms with E-state index in [0.29, 0.717) is 5.95 Å². The Kier molecular flexibility index (Phi) is 7.46. The molecule has 0 aliphatic carbocycles. The summed E-state index contributed by atoms with van der Waals surface area (Å²) < 4.78 is 6.88. The molecule has 1 fully saturated rings. The summed E-state index contributed by atoms with van der Waals surface area (Å²) in [6.45, 7) is 10.8. The second-order valence-corrected chi connectivity index (χ2v) is 13.0. The van der Waals surface area contributed by atoms with Gasteiger partial charge in [-0.25, -0.2) is 4.98 Å². The number of nitrogens with one attached hydrogen (secondary N) is 2. The van der Waals surface area contributed by atoms with Crippen LogP contribution in [0.2, 0.25) is 0 Å². The number of thioether (sulfide) groups is 1. The lowest BCUT2D eigenvalue weighted by molar-refractivity contribution is 0.312. The molecule has 37 heavy (non-hydrogen) atoms. The Bertz CT molecular complexity index is 1370. The molecule has 3 heterocycles. The van der Waals surface area contributed by atoms with Gasteiger partial charge < -0.3 is 25.2 Å². The van der Waals surface area contributed by atoms with E-state index in [1.54, 1.807) is 18.4 Å². The molecule has 0 amide bonds. The largest absolute Gasteiger partial charge is 0.494 e. The fourth-order valence-electron chi connectivity index (χ4n) is 4.29. The summed E-state index contributed by atoms with van der Waals surface area (Å²) in [5.41, 5.74) is 3.94. The van der Waals surface area contributed by atoms with Crippen molar-refractivity contribution in [3.8, 4) is 5.75 Å². The van der Waals surface area contributed by atoms with E-state index in [2.05, 4.69) is 90.0 Å². The third kappa shape index (κ3) is 6.11. The maximum atomic E-state index is 5.76. The topological polar surface area (TPSA) is 65.6 Å². The number of para-hydroxylation sites is 1. The molecule has 0 saturated carbocycles. The molecule has 5 rings (SSSR count). The van der Waals surface area contributed by atoms with Crippen LogP contribution in [0.4, 0.5) is 28.8 Å². The summed E-state index contributed by atoms with van der Waals surface area (Å²) >= 11 is 3.47. The van der Waals surface area contributed by atoms with Gasteiger partial charge in [-0.1, -0.05) is 32.9 Å². The summed E-state index contributed by atoms with van der Waals surface area (Å²) in [5, 5.41) is 9.05. The minimum absolute atomic E-state index is 0.0985. The lowest BCUT2D eigenvalue weighted by atomic mass is 10.2. The quantitative estimate of drug-likeness (QED) is 0.250. The number of benzene rings is 2. The van der Waals surface area contributed by atoms with Crippen LogP contribution in [0.5, 0.6) is 5.75 Å². The molecule has 9 heteroatoms. The molecule has 0 spiro atoms. The number of likely N-dealkylation sites (N-methyl/N-ethyl adjacent to an activating group) is 1. The maximum Gasteiger partial charge on any atom is 0.229 e. The number of methoxy groups -OCH3 is 1. The number of aromatic nitrogens is 2. The Balaban J connectivity index is 1.43. The van der Waals surface area contributed by atoms with Gasteiger partial charge in [0.05, 0.1) is 28.7 Å². The lowest BCUT2D eigenvalue weighted by Crippen LogP contribution is -2.44. The third-order valence-electron chi connectivity index (χ3n) is 6.16. The first kappa shape index (κ1) is 25.6. The third-order valence-corrected chi connectivity index (χ3v) is 8.26. The summed E-state index contributed by atoms with van der Waals surface area (Å²) in [4.78, 5) is 15.6. The van der Waals surface area contributed by atoms with Crippen LogP contribution < -0.4 is 20.3 Å². The second kappa shape index (κ2) is 10.8. The van der Waals surface area contributed by atoms with E-state index in [1.807, 2.05) is 23.9 Å². The van der Waals surface area contributed by atoms with Crippen molar-refractivity contribution in [2.75, 3.05) is 55.9 Å². The summed E-state index contributed by atoms with van der Waals surface area (Å²) in [5.74, 6) is 2.09. The van der Waals surface area contributed by atoms with Crippen molar-refractivity contribution in [2.24, 2.45) is 0 Å². The van der Waals surface area contributed by atoms with Gasteiger partial charge in [0.2, 0.25) is 5.95 Å². The molecule has 0 bridgehead atoms. The van der Waals surface area contributed by atoms with Gasteiger partial charge in [0.1, 0.15) is 5.75 Å². The fourth-order valence-corrected chi connectivity index (χ4v) is 6.10. The van der Waals surface area contributed by atoms with E-state index in [-0.39, 0.29) is 4.75 Å². The van der Waals surface area contributed by atoms with E-state index >= 15 is 0 Å². The summed E-state index contributed by atoms with van der Waals surface area (Å²) in [7, 11) is 3.87. The monoisotopic (exact) mass is 534 g/mol. The molecule has 0 radical (unpaired) electrons. The normalized spacial score (nSPS) is 14.7. The van der Waals surface area contributed by atoms with Crippen molar-refractivity contribution in [1.29, 1.82) is 0 Å². The van der Waals surface area contributed by atoms with Crippen LogP contribution in [-0.4, -0.2) is 60.0 Å². The summed E-state index contributed by atoms with van der Waals surface area (Å²) in [6.07, 6.45) is 0. The van der Waals surface area contributed by atoms with Gasteiger partial charge in [-0.3, -0.25) is 0 Å². The molecule has 2 aromatic carbocycles. The van der Waals surface area contributed by atoms with Gasteiger partial charge in [0.15, 0.2) is 5.82 Å². The molecule has 2 N–H and O–H groups in total. The molecule has 1 aliphatic rings. The molecular weight excluding hydrogens is 500 g/mol. The van der Waals surface area contributed by atoms with Crippen LogP contribution in [0.3, 0.4) is 0 Å². The first-order valence-electron chi connectivity index (χ1n) is 12.5. The lowest BCUT2D eigenvalue weighted by Gasteiger charge is -2.34. The van der Waals surface area contributed by atoms with Gasteiger partial charge in [-0.2, -0.15) is 4.98 Å². The zero-order valence-electron chi connectivity index (χ0n) is 22.0. The first-order chi connectivity index (χ1) is 17.8. The van der Waals surface area contributed by atoms with Crippen molar-refractivity contribution < 1.29 is 4.74 Å². The number of hydrogen-bond acceptors (Lipinski definition) is 9. The standard InChI is InChI=1S/C28H34N6OS2/c1-28(2,3)37-24-9-7-6-8-21(24)29-26-25-22(12-17-36-25)31-27(32-26)30-20-11-10-19(18-23(20)35-5)34-15-13-33(4)14-16-34/h6-12,17-18H,13-16H2,1-5H3,(H2,29,30,31,32). The molecule has 0 atom stereocenters. The highest BCUT2D eigenvalue weighted by molar-refractivity contribution is 8.00. The SMILES string of the molecule is COc1cc(N2CCN(C)CC2)ccc1Nc1nc(Nc2ccccc2SC(C)(C)C)c2sccc2n1. The number of ether oxygens (including phenoxy) is 1. The Morgan fingerprint density at radius 1 is 0.946 bits per heavy atom. The Hall–Kier alpha value is -3.01. The van der Waals surface area contributed by atoms with E-state index in [9.17, 15) is 0 Å². The summed E-state index contributed by atoms with van der Waals surface area (Å²) in [6, 6.07) is 16.7. The zero-order valence-corrected chi connectivity index (χ0v) is 23.7. The van der Waals surface area contributed by atoms with Crippen molar-refractivity contribution in [1.82, 2.24) is 14.9 Å². The first-order valence-corrected chi connectivity index (χ1v) is 14.2. The van der Waals surface area contributed by atoms with Gasteiger partial charge in [-0.15, -0.1) is 23.1 Å². The number of piperazine rings is 1. The van der Waals surface area contributed by atoms with E-state index in [1.165, 1.54) is 10.6 Å². The Morgan fingerprint density at radius 2 is 1.73 bits per heavy atom. The molecule has 2 aromatic heterocycles. The molecule has 7 nitrogen and oxygen atoms in total. The molecule has 4 aromatic rings. The Morgan fingerprint density at radius 3 is 2.49 bits per heavy atom. The Labute approximate surface area is 227 Å². The van der Waals surface area contributed by atoms with Crippen LogP contribution in [0, 0.1) is 0 Å². The zero-order chi connectivity index (χ0) is 26.0. The number of rotatable bonds is 7. The van der Waals surface area contributed by atoms with Gasteiger partial charge in [-0.05, 0) is 42.8 Å². The van der Waals surface area contributed by atoms with E-state index in [0.717, 1.165) is 59.3 Å². The molecule has 1 saturated heterocycles. The van der Waals surface area contributed by atoms with Crippen molar-refractivity contribution >= 4 is 62.1 Å². The van der Waals surface area contributed by atoms with Crippen LogP contribution in [0.25, 0.3) is 10.2 Å². The number of fused-ring (bicyclic) bond motifs is 1. The number of thiophene rings is 1. The molecular formula is C28H34N6OS2. The maximum absolute atomic E-state index is 5.76. The predicted molar refractivity (Wildman–Crippen MR) is 159 cm³/mol. The van der Waals surface area contributed by atoms with Crippen molar-refractivity contribution in [3.63, 3.8) is 0 Å². The van der Waals surface area contributed by atoms with Crippen molar-refractivity contribution in [2.45, 2.75) is 30.4 Å². The minimum Gasteiger partial charge on any atom is -0.494 e. The average molecular weight is 535 g/mol. The van der Waals surface area contributed by atoms with Gasteiger partial charge in [0.25, 0.3) is 0 Å². The highest BCUT2D eigenvalue weighted by Gasteiger charge is 2.18. The molecule has 1 aliphatic heterocycles. The number of anilines is 5. The van der Waals surface area contributed by atoms with Crippen LogP contribution in [0.15, 0.2) is 58.8 Å². The van der Waals surface area contributed by atoms with Crippen LogP contribution in [0.1, 0.15) is 20.8 Å². The van der Waals surface area contributed by atoms with Gasteiger partial charge >= 0.3 is 0 Å². The fraction of sp³-hybridized carbons (Fsp3) is 0.357. The highest BCUT2D eigenvalue weighted by atomic mass is 32.2.